The van der Waals surface area contributed by atoms with E-state index in [0.29, 0.717) is 23.7 Å². The first-order valence-corrected chi connectivity index (χ1v) is 8.02. The molecular weight excluding hydrogens is 331 g/mol. The number of carbonyl (C=O) groups is 1. The highest BCUT2D eigenvalue weighted by atomic mass is 35.5. The lowest BCUT2D eigenvalue weighted by molar-refractivity contribution is -0.116. The van der Waals surface area contributed by atoms with Crippen LogP contribution in [0.3, 0.4) is 0 Å². The van der Waals surface area contributed by atoms with Gasteiger partial charge in [0.1, 0.15) is 11.5 Å². The summed E-state index contributed by atoms with van der Waals surface area (Å²) < 4.78 is 15.1. The molecule has 2 heterocycles. The Morgan fingerprint density at radius 1 is 1.33 bits per heavy atom. The SMILES string of the molecule is Cl.O=C(CCC1CCNCC1)Nc1cnn(-c2ccccc2F)c1. The molecule has 0 aliphatic carbocycles. The number of benzene rings is 1. The van der Waals surface area contributed by atoms with E-state index in [9.17, 15) is 9.18 Å². The van der Waals surface area contributed by atoms with E-state index in [2.05, 4.69) is 15.7 Å². The quantitative estimate of drug-likeness (QED) is 0.869. The van der Waals surface area contributed by atoms with Crippen molar-refractivity contribution in [2.45, 2.75) is 25.7 Å². The van der Waals surface area contributed by atoms with Crippen molar-refractivity contribution < 1.29 is 9.18 Å². The van der Waals surface area contributed by atoms with Crippen LogP contribution in [0.4, 0.5) is 10.1 Å². The number of carbonyl (C=O) groups excluding carboxylic acids is 1. The van der Waals surface area contributed by atoms with E-state index in [1.54, 1.807) is 24.4 Å². The fourth-order valence-corrected chi connectivity index (χ4v) is 2.89. The number of para-hydroxylation sites is 1. The molecule has 1 aromatic carbocycles. The molecule has 0 unspecified atom stereocenters. The van der Waals surface area contributed by atoms with E-state index < -0.39 is 0 Å². The van der Waals surface area contributed by atoms with Gasteiger partial charge in [0.05, 0.1) is 18.1 Å². The van der Waals surface area contributed by atoms with Gasteiger partial charge in [0.25, 0.3) is 0 Å². The van der Waals surface area contributed by atoms with Gasteiger partial charge in [-0.3, -0.25) is 4.79 Å². The Morgan fingerprint density at radius 2 is 2.08 bits per heavy atom. The number of rotatable bonds is 5. The molecule has 3 rings (SSSR count). The van der Waals surface area contributed by atoms with Crippen LogP contribution >= 0.6 is 12.4 Å². The van der Waals surface area contributed by atoms with Crippen LogP contribution in [0.5, 0.6) is 0 Å². The van der Waals surface area contributed by atoms with Crippen molar-refractivity contribution in [2.75, 3.05) is 18.4 Å². The number of hydrogen-bond donors (Lipinski definition) is 2. The van der Waals surface area contributed by atoms with E-state index >= 15 is 0 Å². The predicted octanol–water partition coefficient (Wildman–Crippen LogP) is 3.15. The van der Waals surface area contributed by atoms with Gasteiger partial charge in [-0.2, -0.15) is 5.10 Å². The van der Waals surface area contributed by atoms with Crippen LogP contribution in [0.25, 0.3) is 5.69 Å². The second-order valence-corrected chi connectivity index (χ2v) is 5.91. The van der Waals surface area contributed by atoms with Gasteiger partial charge in [0.2, 0.25) is 5.91 Å². The molecule has 7 heteroatoms. The molecule has 0 saturated carbocycles. The van der Waals surface area contributed by atoms with E-state index in [0.717, 1.165) is 32.4 Å². The molecule has 2 N–H and O–H groups in total. The number of nitrogens with zero attached hydrogens (tertiary/aromatic N) is 2. The minimum Gasteiger partial charge on any atom is -0.323 e. The van der Waals surface area contributed by atoms with Gasteiger partial charge in [-0.05, 0) is 50.4 Å². The summed E-state index contributed by atoms with van der Waals surface area (Å²) in [5, 5.41) is 10.3. The van der Waals surface area contributed by atoms with Gasteiger partial charge in [-0.15, -0.1) is 12.4 Å². The van der Waals surface area contributed by atoms with Crippen LogP contribution in [-0.2, 0) is 4.79 Å². The fourth-order valence-electron chi connectivity index (χ4n) is 2.89. The molecule has 0 bridgehead atoms. The molecule has 1 aromatic heterocycles. The third kappa shape index (κ3) is 4.79. The van der Waals surface area contributed by atoms with Crippen molar-refractivity contribution in [3.05, 3.63) is 42.5 Å². The summed E-state index contributed by atoms with van der Waals surface area (Å²) >= 11 is 0. The summed E-state index contributed by atoms with van der Waals surface area (Å²) in [6, 6.07) is 6.41. The van der Waals surface area contributed by atoms with Crippen LogP contribution in [0.1, 0.15) is 25.7 Å². The Balaban J connectivity index is 0.00000208. The lowest BCUT2D eigenvalue weighted by atomic mass is 9.93. The Morgan fingerprint density at radius 3 is 2.83 bits per heavy atom. The molecule has 2 aromatic rings. The van der Waals surface area contributed by atoms with Crippen molar-refractivity contribution in [2.24, 2.45) is 5.92 Å². The number of nitrogens with one attached hydrogen (secondary N) is 2. The Labute approximate surface area is 147 Å². The minimum absolute atomic E-state index is 0. The Bertz CT molecular complexity index is 670. The first kappa shape index (κ1) is 18.4. The molecule has 0 spiro atoms. The summed E-state index contributed by atoms with van der Waals surface area (Å²) in [5.41, 5.74) is 0.950. The number of piperidine rings is 1. The predicted molar refractivity (Wildman–Crippen MR) is 94.2 cm³/mol. The zero-order chi connectivity index (χ0) is 16.1. The molecular formula is C17H22ClFN4O. The molecule has 24 heavy (non-hydrogen) atoms. The third-order valence-corrected chi connectivity index (χ3v) is 4.20. The molecule has 5 nitrogen and oxygen atoms in total. The zero-order valence-electron chi connectivity index (χ0n) is 13.4. The number of hydrogen-bond acceptors (Lipinski definition) is 3. The van der Waals surface area contributed by atoms with Gasteiger partial charge >= 0.3 is 0 Å². The molecule has 0 radical (unpaired) electrons. The van der Waals surface area contributed by atoms with Gasteiger partial charge in [0.15, 0.2) is 0 Å². The van der Waals surface area contributed by atoms with E-state index in [-0.39, 0.29) is 24.1 Å². The van der Waals surface area contributed by atoms with Gasteiger partial charge in [-0.25, -0.2) is 9.07 Å². The lowest BCUT2D eigenvalue weighted by Gasteiger charge is -2.22. The van der Waals surface area contributed by atoms with Crippen LogP contribution < -0.4 is 10.6 Å². The topological polar surface area (TPSA) is 59.0 Å². The second-order valence-electron chi connectivity index (χ2n) is 5.91. The van der Waals surface area contributed by atoms with Crippen molar-refractivity contribution in [1.29, 1.82) is 0 Å². The molecule has 1 amide bonds. The van der Waals surface area contributed by atoms with Crippen LogP contribution in [-0.4, -0.2) is 28.8 Å². The Kier molecular flexibility index (Phi) is 6.75. The average molecular weight is 353 g/mol. The van der Waals surface area contributed by atoms with E-state index in [1.807, 2.05) is 0 Å². The first-order chi connectivity index (χ1) is 11.2. The fraction of sp³-hybridized carbons (Fsp3) is 0.412. The highest BCUT2D eigenvalue weighted by Gasteiger charge is 2.15. The van der Waals surface area contributed by atoms with Crippen molar-refractivity contribution in [1.82, 2.24) is 15.1 Å². The normalized spacial score (nSPS) is 14.9. The van der Waals surface area contributed by atoms with Crippen LogP contribution in [0.15, 0.2) is 36.7 Å². The maximum Gasteiger partial charge on any atom is 0.224 e. The van der Waals surface area contributed by atoms with Gasteiger partial charge < -0.3 is 10.6 Å². The largest absolute Gasteiger partial charge is 0.323 e. The lowest BCUT2D eigenvalue weighted by Crippen LogP contribution is -2.28. The summed E-state index contributed by atoms with van der Waals surface area (Å²) in [6.07, 6.45) is 6.86. The summed E-state index contributed by atoms with van der Waals surface area (Å²) in [7, 11) is 0. The molecule has 130 valence electrons. The van der Waals surface area contributed by atoms with Gasteiger partial charge in [0, 0.05) is 6.42 Å². The van der Waals surface area contributed by atoms with Crippen molar-refractivity contribution >= 4 is 24.0 Å². The third-order valence-electron chi connectivity index (χ3n) is 4.20. The number of aromatic nitrogens is 2. The second kappa shape index (κ2) is 8.80. The first-order valence-electron chi connectivity index (χ1n) is 8.02. The average Bonchev–Trinajstić information content (AvgIpc) is 3.02. The molecule has 1 aliphatic rings. The van der Waals surface area contributed by atoms with Crippen LogP contribution in [0, 0.1) is 11.7 Å². The number of halogens is 2. The summed E-state index contributed by atoms with van der Waals surface area (Å²) in [5.74, 6) is 0.263. The van der Waals surface area contributed by atoms with Crippen molar-refractivity contribution in [3.8, 4) is 5.69 Å². The van der Waals surface area contributed by atoms with Crippen molar-refractivity contribution in [3.63, 3.8) is 0 Å². The van der Waals surface area contributed by atoms with Gasteiger partial charge in [-0.1, -0.05) is 12.1 Å². The standard InChI is InChI=1S/C17H21FN4O.ClH/c18-15-3-1-2-4-16(15)22-12-14(11-20-22)21-17(23)6-5-13-7-9-19-10-8-13;/h1-4,11-13,19H,5-10H2,(H,21,23);1H. The Hall–Kier alpha value is -1.92. The summed E-state index contributed by atoms with van der Waals surface area (Å²) in [6.45, 7) is 2.09. The van der Waals surface area contributed by atoms with E-state index in [1.165, 1.54) is 16.9 Å². The van der Waals surface area contributed by atoms with E-state index in [4.69, 9.17) is 0 Å². The monoisotopic (exact) mass is 352 g/mol. The molecule has 0 atom stereocenters. The maximum atomic E-state index is 13.7. The highest BCUT2D eigenvalue weighted by molar-refractivity contribution is 5.90. The molecule has 1 saturated heterocycles. The number of amides is 1. The zero-order valence-corrected chi connectivity index (χ0v) is 14.2. The summed E-state index contributed by atoms with van der Waals surface area (Å²) in [4.78, 5) is 12.0. The maximum absolute atomic E-state index is 13.7. The minimum atomic E-state index is -0.348. The molecule has 1 aliphatic heterocycles. The van der Waals surface area contributed by atoms with Crippen LogP contribution in [0.2, 0.25) is 0 Å². The smallest absolute Gasteiger partial charge is 0.224 e. The number of anilines is 1. The molecule has 1 fully saturated rings. The highest BCUT2D eigenvalue weighted by Crippen LogP contribution is 2.19.